The number of hydrogen-bond donors (Lipinski definition) is 5. The number of aromatic nitrogens is 9. The van der Waals surface area contributed by atoms with Crippen LogP contribution in [0.1, 0.15) is 117 Å². The molecule has 4 aromatic heterocycles. The lowest BCUT2D eigenvalue weighted by Gasteiger charge is -2.16. The molecule has 0 radical (unpaired) electrons. The molecule has 6 rings (SSSR count). The number of nitrogens with zero attached hydrogens (tertiary/aromatic N) is 7. The SMILES string of the molecule is Cc1cc([C@H]2CC(O)[C@@H](Cn3cc(COCCCCCCCCCCCCOCc4cn(C[C@H]5O[C@@H](n6cc(C)c(=O)[nH]c6=O)CC5O)nn4)nn3)O2)c(=O)[nH]c1O. The van der Waals surface area contributed by atoms with Gasteiger partial charge in [-0.1, -0.05) is 61.8 Å². The second-order valence-electron chi connectivity index (χ2n) is 15.5. The summed E-state index contributed by atoms with van der Waals surface area (Å²) in [5, 5.41) is 47.4. The smallest absolute Gasteiger partial charge is 0.330 e. The highest BCUT2D eigenvalue weighted by Crippen LogP contribution is 2.33. The zero-order valence-electron chi connectivity index (χ0n) is 33.3. The highest BCUT2D eigenvalue weighted by molar-refractivity contribution is 5.29. The third kappa shape index (κ3) is 12.0. The molecule has 0 amide bonds. The summed E-state index contributed by atoms with van der Waals surface area (Å²) < 4.78 is 28.1. The summed E-state index contributed by atoms with van der Waals surface area (Å²) in [5.74, 6) is -0.172. The van der Waals surface area contributed by atoms with Crippen molar-refractivity contribution >= 4 is 0 Å². The van der Waals surface area contributed by atoms with Gasteiger partial charge in [-0.15, -0.1) is 10.2 Å². The number of nitrogens with one attached hydrogen (secondary N) is 2. The third-order valence-corrected chi connectivity index (χ3v) is 10.7. The minimum absolute atomic E-state index is 0.172. The number of aryl methyl sites for hydroxylation is 2. The second kappa shape index (κ2) is 20.9. The number of aliphatic hydroxyl groups is 2. The van der Waals surface area contributed by atoms with Crippen LogP contribution in [0.5, 0.6) is 5.88 Å². The Labute approximate surface area is 335 Å². The van der Waals surface area contributed by atoms with Gasteiger partial charge in [0.25, 0.3) is 11.1 Å². The van der Waals surface area contributed by atoms with Gasteiger partial charge in [-0.05, 0) is 32.8 Å². The lowest BCUT2D eigenvalue weighted by Crippen LogP contribution is -2.33. The fourth-order valence-electron chi connectivity index (χ4n) is 7.36. The van der Waals surface area contributed by atoms with Crippen LogP contribution in [0.4, 0.5) is 0 Å². The van der Waals surface area contributed by atoms with Crippen LogP contribution in [-0.4, -0.2) is 97.5 Å². The first-order valence-corrected chi connectivity index (χ1v) is 20.4. The summed E-state index contributed by atoms with van der Waals surface area (Å²) >= 11 is 0. The van der Waals surface area contributed by atoms with E-state index in [2.05, 4.69) is 30.6 Å². The van der Waals surface area contributed by atoms with Gasteiger partial charge in [0, 0.05) is 48.9 Å². The van der Waals surface area contributed by atoms with Gasteiger partial charge in [-0.25, -0.2) is 14.2 Å². The van der Waals surface area contributed by atoms with Crippen molar-refractivity contribution in [1.29, 1.82) is 0 Å². The fraction of sp³-hybridized carbons (Fsp3) is 0.667. The van der Waals surface area contributed by atoms with Gasteiger partial charge in [-0.3, -0.25) is 24.1 Å². The van der Waals surface area contributed by atoms with Gasteiger partial charge >= 0.3 is 5.69 Å². The van der Waals surface area contributed by atoms with Gasteiger partial charge in [0.2, 0.25) is 0 Å². The Kier molecular flexibility index (Phi) is 15.5. The number of H-pyrrole nitrogens is 2. The highest BCUT2D eigenvalue weighted by atomic mass is 16.5. The average molecular weight is 812 g/mol. The molecule has 2 aliphatic rings. The summed E-state index contributed by atoms with van der Waals surface area (Å²) in [6.07, 6.45) is 13.1. The first kappa shape index (κ1) is 43.1. The monoisotopic (exact) mass is 811 g/mol. The molecular weight excluding hydrogens is 754 g/mol. The average Bonchev–Trinajstić information content (AvgIpc) is 4.00. The minimum Gasteiger partial charge on any atom is -0.494 e. The molecule has 0 spiro atoms. The standard InChI is InChI=1S/C39H57N9O10/c1-25-15-29(38(53)40-36(25)51)32-16-30(49)33(57-32)21-46-19-27(42-44-46)23-55-13-11-9-7-5-3-4-6-8-10-12-14-56-24-28-20-47(45-43-28)22-34-31(50)17-35(58-34)48-18-26(2)37(52)41-39(48)54/h15,18-20,30-35,49-50H,3-14,16-17,21-24H2,1-2H3,(H2,40,51,53)(H,41,52,54)/t30?,31?,32-,33-,34-,35-/m1/s1. The Hall–Kier alpha value is -4.53. The van der Waals surface area contributed by atoms with Crippen LogP contribution in [-0.2, 0) is 45.3 Å². The van der Waals surface area contributed by atoms with Gasteiger partial charge < -0.3 is 34.3 Å². The molecule has 0 aliphatic carbocycles. The number of hydrogen-bond acceptors (Lipinski definition) is 14. The van der Waals surface area contributed by atoms with E-state index < -0.39 is 53.6 Å². The molecule has 0 saturated carbocycles. The van der Waals surface area contributed by atoms with Crippen molar-refractivity contribution in [2.45, 2.75) is 154 Å². The second-order valence-corrected chi connectivity index (χ2v) is 15.5. The minimum atomic E-state index is -0.799. The zero-order chi connectivity index (χ0) is 41.0. The van der Waals surface area contributed by atoms with Gasteiger partial charge in [-0.2, -0.15) is 0 Å². The molecule has 0 bridgehead atoms. The van der Waals surface area contributed by atoms with E-state index in [0.717, 1.165) is 25.7 Å². The largest absolute Gasteiger partial charge is 0.494 e. The van der Waals surface area contributed by atoms with Crippen molar-refractivity contribution in [1.82, 2.24) is 44.5 Å². The molecule has 4 aromatic rings. The molecule has 6 heterocycles. The summed E-state index contributed by atoms with van der Waals surface area (Å²) in [7, 11) is 0. The molecule has 2 aliphatic heterocycles. The molecule has 19 heteroatoms. The molecule has 6 atom stereocenters. The van der Waals surface area contributed by atoms with E-state index in [1.54, 1.807) is 41.7 Å². The van der Waals surface area contributed by atoms with E-state index in [4.69, 9.17) is 18.9 Å². The van der Waals surface area contributed by atoms with Crippen molar-refractivity contribution in [2.75, 3.05) is 13.2 Å². The van der Waals surface area contributed by atoms with E-state index in [1.165, 1.54) is 49.3 Å². The van der Waals surface area contributed by atoms with Crippen molar-refractivity contribution in [3.05, 3.63) is 83.9 Å². The van der Waals surface area contributed by atoms with Crippen LogP contribution in [0.25, 0.3) is 0 Å². The molecule has 2 fully saturated rings. The van der Waals surface area contributed by atoms with Crippen molar-refractivity contribution in [3.63, 3.8) is 0 Å². The number of rotatable bonds is 23. The third-order valence-electron chi connectivity index (χ3n) is 10.7. The molecule has 5 N–H and O–H groups in total. The Morgan fingerprint density at radius 2 is 1.24 bits per heavy atom. The maximum absolute atomic E-state index is 12.3. The fourth-order valence-corrected chi connectivity index (χ4v) is 7.36. The van der Waals surface area contributed by atoms with Gasteiger partial charge in [0.1, 0.15) is 29.8 Å². The van der Waals surface area contributed by atoms with Gasteiger partial charge in [0.05, 0.1) is 57.0 Å². The van der Waals surface area contributed by atoms with Gasteiger partial charge in [0.15, 0.2) is 5.88 Å². The normalized spacial score (nSPS) is 22.0. The number of ether oxygens (including phenoxy) is 4. The van der Waals surface area contributed by atoms with Crippen molar-refractivity contribution in [2.24, 2.45) is 0 Å². The summed E-state index contributed by atoms with van der Waals surface area (Å²) in [5.41, 5.74) is 1.26. The first-order valence-electron chi connectivity index (χ1n) is 20.4. The van der Waals surface area contributed by atoms with Crippen LogP contribution >= 0.6 is 0 Å². The van der Waals surface area contributed by atoms with Crippen LogP contribution in [0.2, 0.25) is 0 Å². The molecular formula is C39H57N9O10. The zero-order valence-corrected chi connectivity index (χ0v) is 33.3. The number of aromatic amines is 2. The predicted octanol–water partition coefficient (Wildman–Crippen LogP) is 2.60. The Bertz CT molecular complexity index is 2080. The van der Waals surface area contributed by atoms with E-state index in [-0.39, 0.29) is 25.3 Å². The molecule has 2 unspecified atom stereocenters. The summed E-state index contributed by atoms with van der Waals surface area (Å²) in [6.45, 7) is 5.89. The maximum atomic E-state index is 12.3. The van der Waals surface area contributed by atoms with Crippen LogP contribution in [0, 0.1) is 13.8 Å². The van der Waals surface area contributed by atoms with Crippen LogP contribution in [0.3, 0.4) is 0 Å². The molecule has 0 aromatic carbocycles. The molecule has 58 heavy (non-hydrogen) atoms. The quantitative estimate of drug-likeness (QED) is 0.0677. The topological polar surface area (TPSA) is 247 Å². The highest BCUT2D eigenvalue weighted by Gasteiger charge is 2.37. The van der Waals surface area contributed by atoms with Crippen molar-refractivity contribution in [3.8, 4) is 5.88 Å². The number of pyridine rings is 1. The number of unbranched alkanes of at least 4 members (excludes halogenated alkanes) is 9. The lowest BCUT2D eigenvalue weighted by molar-refractivity contribution is -0.0302. The first-order chi connectivity index (χ1) is 28.0. The Morgan fingerprint density at radius 3 is 1.83 bits per heavy atom. The van der Waals surface area contributed by atoms with E-state index >= 15 is 0 Å². The Morgan fingerprint density at radius 1 is 0.707 bits per heavy atom. The predicted molar refractivity (Wildman–Crippen MR) is 208 cm³/mol. The van der Waals surface area contributed by atoms with E-state index in [0.29, 0.717) is 61.1 Å². The Balaban J connectivity index is 0.729. The molecule has 318 valence electrons. The maximum Gasteiger partial charge on any atom is 0.330 e. The van der Waals surface area contributed by atoms with E-state index in [9.17, 15) is 29.7 Å². The number of aliphatic hydroxyl groups excluding tert-OH is 2. The molecule has 19 nitrogen and oxygen atoms in total. The van der Waals surface area contributed by atoms with Crippen LogP contribution in [0.15, 0.2) is 39.0 Å². The number of aromatic hydroxyl groups is 1. The van der Waals surface area contributed by atoms with Crippen molar-refractivity contribution < 1.29 is 34.3 Å². The summed E-state index contributed by atoms with van der Waals surface area (Å²) in [6, 6.07) is 1.59. The summed E-state index contributed by atoms with van der Waals surface area (Å²) in [4.78, 5) is 40.9. The van der Waals surface area contributed by atoms with Crippen LogP contribution < -0.4 is 16.8 Å². The van der Waals surface area contributed by atoms with E-state index in [1.807, 2.05) is 0 Å². The lowest BCUT2D eigenvalue weighted by atomic mass is 10.0. The molecule has 2 saturated heterocycles.